The largest absolute Gasteiger partial charge is 0.350 e. The Morgan fingerprint density at radius 3 is 2.53 bits per heavy atom. The number of thioether (sulfide) groups is 1. The number of nitrogens with two attached hydrogens (primary N) is 1. The molecule has 0 aliphatic carbocycles. The predicted octanol–water partition coefficient (Wildman–Crippen LogP) is 3.96. The third-order valence-electron chi connectivity index (χ3n) is 3.15. The third-order valence-corrected chi connectivity index (χ3v) is 4.21. The summed E-state index contributed by atoms with van der Waals surface area (Å²) in [5.74, 6) is 0.872. The van der Waals surface area contributed by atoms with Crippen molar-refractivity contribution in [3.05, 3.63) is 66.2 Å². The van der Waals surface area contributed by atoms with Crippen LogP contribution in [0.1, 0.15) is 11.6 Å². The van der Waals surface area contributed by atoms with Crippen LogP contribution in [0.25, 0.3) is 10.9 Å². The van der Waals surface area contributed by atoms with Gasteiger partial charge in [-0.05, 0) is 17.7 Å². The molecule has 0 fully saturated rings. The highest BCUT2D eigenvalue weighted by Gasteiger charge is 2.07. The molecule has 0 radical (unpaired) electrons. The van der Waals surface area contributed by atoms with Crippen LogP contribution >= 0.6 is 11.8 Å². The van der Waals surface area contributed by atoms with Gasteiger partial charge in [-0.3, -0.25) is 0 Å². The molecule has 1 aromatic heterocycles. The van der Waals surface area contributed by atoms with Crippen LogP contribution in [0, 0.1) is 0 Å². The standard InChI is InChI=1S/C16H16N2S/c17-14(12-6-2-1-3-7-12)11-19-16-10-13-8-4-5-9-15(13)18-16/h1-10,14,18H,11,17H2. The van der Waals surface area contributed by atoms with Crippen molar-refractivity contribution in [2.45, 2.75) is 11.1 Å². The Balaban J connectivity index is 1.69. The fourth-order valence-electron chi connectivity index (χ4n) is 2.10. The maximum Gasteiger partial charge on any atom is 0.0733 e. The molecule has 3 aromatic rings. The minimum absolute atomic E-state index is 0.0672. The van der Waals surface area contributed by atoms with E-state index in [-0.39, 0.29) is 6.04 Å². The smallest absolute Gasteiger partial charge is 0.0733 e. The van der Waals surface area contributed by atoms with Crippen LogP contribution < -0.4 is 5.73 Å². The summed E-state index contributed by atoms with van der Waals surface area (Å²) in [6.45, 7) is 0. The minimum atomic E-state index is 0.0672. The second-order valence-corrected chi connectivity index (χ2v) is 5.61. The van der Waals surface area contributed by atoms with Gasteiger partial charge in [-0.25, -0.2) is 0 Å². The summed E-state index contributed by atoms with van der Waals surface area (Å²) >= 11 is 1.77. The molecule has 0 aliphatic rings. The molecule has 96 valence electrons. The number of benzene rings is 2. The first-order chi connectivity index (χ1) is 9.33. The van der Waals surface area contributed by atoms with Crippen molar-refractivity contribution in [3.63, 3.8) is 0 Å². The van der Waals surface area contributed by atoms with Crippen molar-refractivity contribution in [2.75, 3.05) is 5.75 Å². The van der Waals surface area contributed by atoms with Gasteiger partial charge in [0.15, 0.2) is 0 Å². The number of aromatic nitrogens is 1. The Hall–Kier alpha value is -1.71. The molecule has 19 heavy (non-hydrogen) atoms. The molecule has 3 heteroatoms. The van der Waals surface area contributed by atoms with Crippen LogP contribution in [0.15, 0.2) is 65.7 Å². The first-order valence-electron chi connectivity index (χ1n) is 6.34. The SMILES string of the molecule is NC(CSc1cc2ccccc2[nH]1)c1ccccc1. The van der Waals surface area contributed by atoms with Crippen molar-refractivity contribution < 1.29 is 0 Å². The van der Waals surface area contributed by atoms with Crippen LogP contribution in [-0.2, 0) is 0 Å². The number of hydrogen-bond acceptors (Lipinski definition) is 2. The summed E-state index contributed by atoms with van der Waals surface area (Å²) in [7, 11) is 0. The van der Waals surface area contributed by atoms with Gasteiger partial charge in [-0.2, -0.15) is 0 Å². The van der Waals surface area contributed by atoms with Crippen LogP contribution in [0.4, 0.5) is 0 Å². The lowest BCUT2D eigenvalue weighted by Crippen LogP contribution is -2.12. The molecule has 1 unspecified atom stereocenters. The van der Waals surface area contributed by atoms with Gasteiger partial charge in [-0.15, -0.1) is 11.8 Å². The monoisotopic (exact) mass is 268 g/mol. The maximum absolute atomic E-state index is 6.20. The van der Waals surface area contributed by atoms with Crippen molar-refractivity contribution in [1.29, 1.82) is 0 Å². The van der Waals surface area contributed by atoms with E-state index in [1.54, 1.807) is 11.8 Å². The zero-order chi connectivity index (χ0) is 13.1. The van der Waals surface area contributed by atoms with Crippen molar-refractivity contribution in [3.8, 4) is 0 Å². The molecule has 0 saturated carbocycles. The van der Waals surface area contributed by atoms with Gasteiger partial charge in [0.2, 0.25) is 0 Å². The average molecular weight is 268 g/mol. The molecule has 0 amide bonds. The molecule has 0 aliphatic heterocycles. The average Bonchev–Trinajstić information content (AvgIpc) is 2.88. The van der Waals surface area contributed by atoms with E-state index in [2.05, 4.69) is 41.4 Å². The first-order valence-corrected chi connectivity index (χ1v) is 7.32. The molecule has 3 N–H and O–H groups in total. The molecular formula is C16H16N2S. The van der Waals surface area contributed by atoms with Gasteiger partial charge < -0.3 is 10.7 Å². The lowest BCUT2D eigenvalue weighted by molar-refractivity contribution is 0.830. The molecule has 2 nitrogen and oxygen atoms in total. The van der Waals surface area contributed by atoms with Crippen LogP contribution in [0.5, 0.6) is 0 Å². The summed E-state index contributed by atoms with van der Waals surface area (Å²) in [5, 5.41) is 2.42. The lowest BCUT2D eigenvalue weighted by Gasteiger charge is -2.10. The predicted molar refractivity (Wildman–Crippen MR) is 82.4 cm³/mol. The lowest BCUT2D eigenvalue weighted by atomic mass is 10.1. The van der Waals surface area contributed by atoms with Crippen LogP contribution in [-0.4, -0.2) is 10.7 Å². The van der Waals surface area contributed by atoms with E-state index in [1.807, 2.05) is 24.3 Å². The quantitative estimate of drug-likeness (QED) is 0.703. The van der Waals surface area contributed by atoms with Crippen LogP contribution in [0.2, 0.25) is 0 Å². The highest BCUT2D eigenvalue weighted by molar-refractivity contribution is 7.99. The number of rotatable bonds is 4. The fourth-order valence-corrected chi connectivity index (χ4v) is 3.04. The zero-order valence-electron chi connectivity index (χ0n) is 10.5. The number of H-pyrrole nitrogens is 1. The highest BCUT2D eigenvalue weighted by atomic mass is 32.2. The number of para-hydroxylation sites is 1. The highest BCUT2D eigenvalue weighted by Crippen LogP contribution is 2.26. The second-order valence-electron chi connectivity index (χ2n) is 4.55. The molecule has 3 rings (SSSR count). The van der Waals surface area contributed by atoms with E-state index in [1.165, 1.54) is 21.5 Å². The number of hydrogen-bond donors (Lipinski definition) is 2. The summed E-state index contributed by atoms with van der Waals surface area (Å²) in [5.41, 5.74) is 8.57. The van der Waals surface area contributed by atoms with Gasteiger partial charge in [0.05, 0.1) is 5.03 Å². The van der Waals surface area contributed by atoms with Gasteiger partial charge in [0, 0.05) is 22.7 Å². The van der Waals surface area contributed by atoms with Gasteiger partial charge in [0.1, 0.15) is 0 Å². The molecule has 1 heterocycles. The third kappa shape index (κ3) is 2.83. The van der Waals surface area contributed by atoms with E-state index in [0.717, 1.165) is 5.75 Å². The topological polar surface area (TPSA) is 41.8 Å². The van der Waals surface area contributed by atoms with E-state index < -0.39 is 0 Å². The Bertz CT molecular complexity index is 628. The normalized spacial score (nSPS) is 12.7. The fraction of sp³-hybridized carbons (Fsp3) is 0.125. The summed E-state index contributed by atoms with van der Waals surface area (Å²) in [6.07, 6.45) is 0. The van der Waals surface area contributed by atoms with Crippen molar-refractivity contribution in [1.82, 2.24) is 4.98 Å². The number of fused-ring (bicyclic) bond motifs is 1. The Morgan fingerprint density at radius 1 is 1.00 bits per heavy atom. The van der Waals surface area contributed by atoms with Gasteiger partial charge >= 0.3 is 0 Å². The summed E-state index contributed by atoms with van der Waals surface area (Å²) in [4.78, 5) is 3.41. The summed E-state index contributed by atoms with van der Waals surface area (Å²) < 4.78 is 0. The minimum Gasteiger partial charge on any atom is -0.350 e. The summed E-state index contributed by atoms with van der Waals surface area (Å²) in [6, 6.07) is 20.8. The Morgan fingerprint density at radius 2 is 1.74 bits per heavy atom. The Labute approximate surface area is 117 Å². The van der Waals surface area contributed by atoms with Crippen molar-refractivity contribution >= 4 is 22.7 Å². The number of aromatic amines is 1. The zero-order valence-corrected chi connectivity index (χ0v) is 11.4. The molecule has 2 aromatic carbocycles. The van der Waals surface area contributed by atoms with E-state index in [9.17, 15) is 0 Å². The molecule has 1 atom stereocenters. The molecule has 0 bridgehead atoms. The first kappa shape index (κ1) is 12.3. The molecule has 0 spiro atoms. The van der Waals surface area contributed by atoms with Crippen molar-refractivity contribution in [2.24, 2.45) is 5.73 Å². The second kappa shape index (κ2) is 5.51. The number of nitrogens with one attached hydrogen (secondary N) is 1. The molecular weight excluding hydrogens is 252 g/mol. The maximum atomic E-state index is 6.20. The Kier molecular flexibility index (Phi) is 3.58. The van der Waals surface area contributed by atoms with Crippen LogP contribution in [0.3, 0.4) is 0 Å². The van der Waals surface area contributed by atoms with E-state index >= 15 is 0 Å². The van der Waals surface area contributed by atoms with E-state index in [4.69, 9.17) is 5.73 Å². The molecule has 0 saturated heterocycles. The van der Waals surface area contributed by atoms with Gasteiger partial charge in [-0.1, -0.05) is 48.5 Å². The van der Waals surface area contributed by atoms with Gasteiger partial charge in [0.25, 0.3) is 0 Å². The van der Waals surface area contributed by atoms with E-state index in [0.29, 0.717) is 0 Å².